The SMILES string of the molecule is CCC1(CCCCCl)C(=O)Nc2ccc(N[SH](=O)=O)cc21. The number of unbranched alkanes of at least 4 members (excludes halogenated alkanes) is 1. The average molecular weight is 331 g/mol. The first-order valence-electron chi connectivity index (χ1n) is 6.96. The molecule has 1 aliphatic rings. The Kier molecular flexibility index (Phi) is 5.11. The molecule has 0 aromatic heterocycles. The molecule has 2 N–H and O–H groups in total. The van der Waals surface area contributed by atoms with E-state index in [1.165, 1.54) is 0 Å². The summed E-state index contributed by atoms with van der Waals surface area (Å²) >= 11 is 5.72. The summed E-state index contributed by atoms with van der Waals surface area (Å²) in [5.41, 5.74) is 1.52. The average Bonchev–Trinajstić information content (AvgIpc) is 2.71. The number of benzene rings is 1. The number of alkyl halides is 1. The van der Waals surface area contributed by atoms with Gasteiger partial charge in [-0.25, -0.2) is 8.42 Å². The smallest absolute Gasteiger partial charge is 0.235 e. The molecule has 116 valence electrons. The zero-order chi connectivity index (χ0) is 15.5. The van der Waals surface area contributed by atoms with E-state index < -0.39 is 16.3 Å². The van der Waals surface area contributed by atoms with Crippen molar-refractivity contribution in [3.8, 4) is 0 Å². The molecular formula is C14H19ClN2O3S. The molecule has 1 aromatic rings. The van der Waals surface area contributed by atoms with E-state index in [-0.39, 0.29) is 5.91 Å². The Morgan fingerprint density at radius 1 is 1.33 bits per heavy atom. The highest BCUT2D eigenvalue weighted by molar-refractivity contribution is 7.73. The number of carbonyl (C=O) groups is 1. The first-order chi connectivity index (χ1) is 10.0. The molecule has 1 unspecified atom stereocenters. The lowest BCUT2D eigenvalue weighted by atomic mass is 9.75. The third kappa shape index (κ3) is 3.16. The molecule has 0 fully saturated rings. The molecule has 5 nitrogen and oxygen atoms in total. The van der Waals surface area contributed by atoms with Crippen LogP contribution >= 0.6 is 11.6 Å². The van der Waals surface area contributed by atoms with Crippen molar-refractivity contribution in [1.82, 2.24) is 0 Å². The molecule has 1 atom stereocenters. The van der Waals surface area contributed by atoms with E-state index in [2.05, 4.69) is 10.0 Å². The van der Waals surface area contributed by atoms with E-state index in [1.807, 2.05) is 6.92 Å². The largest absolute Gasteiger partial charge is 0.325 e. The van der Waals surface area contributed by atoms with Crippen LogP contribution in [0.15, 0.2) is 18.2 Å². The maximum Gasteiger partial charge on any atom is 0.235 e. The van der Waals surface area contributed by atoms with Crippen LogP contribution in [0.2, 0.25) is 0 Å². The molecule has 21 heavy (non-hydrogen) atoms. The molecule has 0 radical (unpaired) electrons. The van der Waals surface area contributed by atoms with Crippen molar-refractivity contribution in [2.75, 3.05) is 15.9 Å². The van der Waals surface area contributed by atoms with Gasteiger partial charge in [-0.2, -0.15) is 0 Å². The number of rotatable bonds is 7. The van der Waals surface area contributed by atoms with E-state index in [0.717, 1.165) is 24.1 Å². The minimum atomic E-state index is -2.72. The Morgan fingerprint density at radius 3 is 2.71 bits per heavy atom. The highest BCUT2D eigenvalue weighted by Gasteiger charge is 2.44. The fraction of sp³-hybridized carbons (Fsp3) is 0.500. The minimum absolute atomic E-state index is 0.0155. The van der Waals surface area contributed by atoms with Gasteiger partial charge in [0.25, 0.3) is 0 Å². The maximum absolute atomic E-state index is 12.4. The first-order valence-corrected chi connectivity index (χ1v) is 8.67. The highest BCUT2D eigenvalue weighted by Crippen LogP contribution is 2.44. The fourth-order valence-electron chi connectivity index (χ4n) is 2.89. The standard InChI is InChI=1S/C14H19ClN2O3S/c1-2-14(7-3-4-8-15)11-9-10(17-21(19)20)5-6-12(11)16-13(14)18/h5-6,9,21H,2-4,7-8H2,1H3,(H,16,18)(H,17,19,20). The third-order valence-corrected chi connectivity index (χ3v) is 4.74. The van der Waals surface area contributed by atoms with Crippen molar-refractivity contribution in [2.45, 2.75) is 38.0 Å². The van der Waals surface area contributed by atoms with E-state index in [9.17, 15) is 13.2 Å². The summed E-state index contributed by atoms with van der Waals surface area (Å²) in [5, 5.41) is 2.90. The first kappa shape index (κ1) is 16.1. The van der Waals surface area contributed by atoms with Crippen LogP contribution in [0.1, 0.15) is 38.2 Å². The Bertz CT molecular complexity index is 610. The van der Waals surface area contributed by atoms with Gasteiger partial charge in [-0.3, -0.25) is 9.52 Å². The molecule has 0 saturated carbocycles. The summed E-state index contributed by atoms with van der Waals surface area (Å²) in [6.45, 7) is 1.98. The second kappa shape index (κ2) is 6.66. The zero-order valence-corrected chi connectivity index (χ0v) is 13.5. The van der Waals surface area contributed by atoms with Gasteiger partial charge in [-0.05, 0) is 43.0 Å². The number of hydrogen-bond acceptors (Lipinski definition) is 3. The van der Waals surface area contributed by atoms with Gasteiger partial charge in [0.2, 0.25) is 16.8 Å². The van der Waals surface area contributed by atoms with Crippen LogP contribution < -0.4 is 10.0 Å². The molecule has 7 heteroatoms. The fourth-order valence-corrected chi connectivity index (χ4v) is 3.42. The van der Waals surface area contributed by atoms with E-state index in [1.54, 1.807) is 18.2 Å². The van der Waals surface area contributed by atoms with Crippen LogP contribution in [0, 0.1) is 0 Å². The summed E-state index contributed by atoms with van der Waals surface area (Å²) < 4.78 is 24.0. The van der Waals surface area contributed by atoms with E-state index in [0.29, 0.717) is 24.4 Å². The van der Waals surface area contributed by atoms with Gasteiger partial charge in [0.1, 0.15) is 0 Å². The lowest BCUT2D eigenvalue weighted by molar-refractivity contribution is -0.121. The lowest BCUT2D eigenvalue weighted by Crippen LogP contribution is -2.33. The molecule has 2 rings (SSSR count). The van der Waals surface area contributed by atoms with Crippen molar-refractivity contribution >= 4 is 39.8 Å². The molecular weight excluding hydrogens is 312 g/mol. The zero-order valence-electron chi connectivity index (χ0n) is 11.8. The molecule has 1 amide bonds. The van der Waals surface area contributed by atoms with Crippen LogP contribution in [0.3, 0.4) is 0 Å². The van der Waals surface area contributed by atoms with Gasteiger partial charge in [0, 0.05) is 17.3 Å². The summed E-state index contributed by atoms with van der Waals surface area (Å²) in [4.78, 5) is 12.4. The topological polar surface area (TPSA) is 75.3 Å². The molecule has 0 spiro atoms. The van der Waals surface area contributed by atoms with Gasteiger partial charge in [0.15, 0.2) is 0 Å². The number of nitrogens with one attached hydrogen (secondary N) is 2. The molecule has 0 bridgehead atoms. The normalized spacial score (nSPS) is 20.4. The number of carbonyl (C=O) groups excluding carboxylic acids is 1. The highest BCUT2D eigenvalue weighted by atomic mass is 35.5. The van der Waals surface area contributed by atoms with Crippen molar-refractivity contribution in [3.05, 3.63) is 23.8 Å². The second-order valence-electron chi connectivity index (χ2n) is 5.17. The predicted molar refractivity (Wildman–Crippen MR) is 85.5 cm³/mol. The van der Waals surface area contributed by atoms with Crippen LogP contribution in [-0.2, 0) is 21.1 Å². The number of amides is 1. The van der Waals surface area contributed by atoms with Crippen molar-refractivity contribution in [2.24, 2.45) is 0 Å². The van der Waals surface area contributed by atoms with Gasteiger partial charge < -0.3 is 5.32 Å². The number of hydrogen-bond donors (Lipinski definition) is 3. The van der Waals surface area contributed by atoms with E-state index in [4.69, 9.17) is 11.6 Å². The number of halogens is 1. The van der Waals surface area contributed by atoms with Crippen LogP contribution in [0.4, 0.5) is 11.4 Å². The number of fused-ring (bicyclic) bond motifs is 1. The lowest BCUT2D eigenvalue weighted by Gasteiger charge is -2.26. The van der Waals surface area contributed by atoms with E-state index >= 15 is 0 Å². The van der Waals surface area contributed by atoms with Crippen LogP contribution in [-0.4, -0.2) is 20.2 Å². The Balaban J connectivity index is 2.37. The molecule has 1 aliphatic heterocycles. The Hall–Kier alpha value is -1.27. The van der Waals surface area contributed by atoms with Gasteiger partial charge >= 0.3 is 0 Å². The quantitative estimate of drug-likeness (QED) is 0.409. The van der Waals surface area contributed by atoms with Gasteiger partial charge in [-0.15, -0.1) is 11.6 Å². The summed E-state index contributed by atoms with van der Waals surface area (Å²) in [5.74, 6) is 0.560. The van der Waals surface area contributed by atoms with Crippen molar-refractivity contribution in [3.63, 3.8) is 0 Å². The molecule has 1 heterocycles. The Morgan fingerprint density at radius 2 is 2.10 bits per heavy atom. The van der Waals surface area contributed by atoms with Gasteiger partial charge in [-0.1, -0.05) is 13.3 Å². The predicted octanol–water partition coefficient (Wildman–Crippen LogP) is 2.63. The van der Waals surface area contributed by atoms with Crippen molar-refractivity contribution in [1.29, 1.82) is 0 Å². The molecule has 0 saturated heterocycles. The third-order valence-electron chi connectivity index (χ3n) is 4.03. The summed E-state index contributed by atoms with van der Waals surface area (Å²) in [7, 11) is -2.72. The number of anilines is 2. The number of thiol groups is 1. The van der Waals surface area contributed by atoms with Gasteiger partial charge in [0.05, 0.1) is 5.41 Å². The second-order valence-corrected chi connectivity index (χ2v) is 6.28. The minimum Gasteiger partial charge on any atom is -0.325 e. The van der Waals surface area contributed by atoms with Crippen molar-refractivity contribution < 1.29 is 13.2 Å². The summed E-state index contributed by atoms with van der Waals surface area (Å²) in [6.07, 6.45) is 3.09. The van der Waals surface area contributed by atoms with Crippen LogP contribution in [0.25, 0.3) is 0 Å². The molecule has 0 aliphatic carbocycles. The maximum atomic E-state index is 12.4. The Labute approximate surface area is 131 Å². The molecule has 1 aromatic carbocycles. The monoisotopic (exact) mass is 330 g/mol. The van der Waals surface area contributed by atoms with Crippen LogP contribution in [0.5, 0.6) is 0 Å². The summed E-state index contributed by atoms with van der Waals surface area (Å²) in [6, 6.07) is 5.14.